The summed E-state index contributed by atoms with van der Waals surface area (Å²) in [5.74, 6) is -0.596. The van der Waals surface area contributed by atoms with E-state index in [1.165, 1.54) is 6.07 Å². The van der Waals surface area contributed by atoms with Crippen molar-refractivity contribution in [2.75, 3.05) is 10.6 Å². The molecule has 1 aromatic heterocycles. The van der Waals surface area contributed by atoms with E-state index < -0.39 is 11.6 Å². The average Bonchev–Trinajstić information content (AvgIpc) is 2.54. The number of nitrogens with one attached hydrogen (secondary N) is 2. The van der Waals surface area contributed by atoms with E-state index in [1.54, 1.807) is 12.3 Å². The maximum Gasteiger partial charge on any atom is 0.229 e. The fourth-order valence-corrected chi connectivity index (χ4v) is 2.40. The first-order valence-corrected chi connectivity index (χ1v) is 7.89. The highest BCUT2D eigenvalue weighted by Gasteiger charge is 2.07. The molecule has 4 nitrogen and oxygen atoms in total. The molecule has 0 spiro atoms. The molecule has 0 saturated carbocycles. The van der Waals surface area contributed by atoms with Gasteiger partial charge in [-0.05, 0) is 42.8 Å². The molecule has 0 amide bonds. The van der Waals surface area contributed by atoms with Crippen molar-refractivity contribution < 1.29 is 8.78 Å². The molecule has 0 aliphatic rings. The minimum absolute atomic E-state index is 0.103. The number of rotatable bonds is 4. The van der Waals surface area contributed by atoms with Gasteiger partial charge >= 0.3 is 0 Å². The molecule has 2 aromatic carbocycles. The van der Waals surface area contributed by atoms with Crippen molar-refractivity contribution in [1.82, 2.24) is 9.97 Å². The van der Waals surface area contributed by atoms with E-state index in [2.05, 4.69) is 36.5 Å². The first kappa shape index (κ1) is 16.3. The van der Waals surface area contributed by atoms with Gasteiger partial charge in [0.2, 0.25) is 5.95 Å². The van der Waals surface area contributed by atoms with E-state index in [0.29, 0.717) is 5.82 Å². The summed E-state index contributed by atoms with van der Waals surface area (Å²) < 4.78 is 27.6. The van der Waals surface area contributed by atoms with E-state index in [1.807, 2.05) is 25.1 Å². The van der Waals surface area contributed by atoms with Crippen molar-refractivity contribution in [3.63, 3.8) is 0 Å². The van der Waals surface area contributed by atoms with Gasteiger partial charge < -0.3 is 10.6 Å². The van der Waals surface area contributed by atoms with Gasteiger partial charge in [0.05, 0.1) is 5.69 Å². The normalized spacial score (nSPS) is 10.5. The predicted molar refractivity (Wildman–Crippen MR) is 93.8 cm³/mol. The van der Waals surface area contributed by atoms with E-state index in [-0.39, 0.29) is 11.6 Å². The fraction of sp³-hybridized carbons (Fsp3) is 0.0588. The third kappa shape index (κ3) is 3.86. The van der Waals surface area contributed by atoms with Crippen LogP contribution in [0.25, 0.3) is 0 Å². The maximum absolute atomic E-state index is 13.7. The second kappa shape index (κ2) is 6.92. The minimum atomic E-state index is -0.709. The van der Waals surface area contributed by atoms with Gasteiger partial charge in [0.15, 0.2) is 0 Å². The number of halogens is 3. The summed E-state index contributed by atoms with van der Waals surface area (Å²) in [5.41, 5.74) is 2.08. The van der Waals surface area contributed by atoms with Crippen LogP contribution in [0.5, 0.6) is 0 Å². The lowest BCUT2D eigenvalue weighted by molar-refractivity contribution is 0.586. The zero-order valence-electron chi connectivity index (χ0n) is 12.6. The molecule has 0 fully saturated rings. The van der Waals surface area contributed by atoms with Crippen LogP contribution < -0.4 is 10.6 Å². The first-order chi connectivity index (χ1) is 11.5. The average molecular weight is 391 g/mol. The fourth-order valence-electron chi connectivity index (χ4n) is 2.02. The van der Waals surface area contributed by atoms with Gasteiger partial charge in [-0.1, -0.05) is 22.0 Å². The van der Waals surface area contributed by atoms with Crippen LogP contribution in [0.3, 0.4) is 0 Å². The third-order valence-electron chi connectivity index (χ3n) is 3.28. The van der Waals surface area contributed by atoms with E-state index in [9.17, 15) is 8.78 Å². The molecule has 3 rings (SSSR count). The van der Waals surface area contributed by atoms with E-state index in [0.717, 1.165) is 27.9 Å². The smallest absolute Gasteiger partial charge is 0.229 e. The van der Waals surface area contributed by atoms with Crippen molar-refractivity contribution in [3.05, 3.63) is 70.3 Å². The van der Waals surface area contributed by atoms with Crippen LogP contribution >= 0.6 is 15.9 Å². The summed E-state index contributed by atoms with van der Waals surface area (Å²) in [4.78, 5) is 8.31. The molecular weight excluding hydrogens is 378 g/mol. The molecule has 0 atom stereocenters. The molecule has 0 aliphatic heterocycles. The van der Waals surface area contributed by atoms with Gasteiger partial charge in [0.25, 0.3) is 0 Å². The number of nitrogens with zero attached hydrogens (tertiary/aromatic N) is 2. The molecule has 0 saturated heterocycles. The third-order valence-corrected chi connectivity index (χ3v) is 4.13. The molecule has 24 heavy (non-hydrogen) atoms. The van der Waals surface area contributed by atoms with Crippen LogP contribution in [0.2, 0.25) is 0 Å². The molecule has 0 aliphatic carbocycles. The van der Waals surface area contributed by atoms with Crippen molar-refractivity contribution in [1.29, 1.82) is 0 Å². The summed E-state index contributed by atoms with van der Waals surface area (Å²) in [6, 6.07) is 10.8. The molecule has 0 radical (unpaired) electrons. The van der Waals surface area contributed by atoms with Crippen LogP contribution in [-0.2, 0) is 0 Å². The molecule has 7 heteroatoms. The van der Waals surface area contributed by atoms with Crippen LogP contribution in [0.4, 0.5) is 31.9 Å². The second-order valence-electron chi connectivity index (χ2n) is 5.10. The van der Waals surface area contributed by atoms with Crippen molar-refractivity contribution in [3.8, 4) is 0 Å². The lowest BCUT2D eigenvalue weighted by atomic mass is 10.2. The Kier molecular flexibility index (Phi) is 4.71. The van der Waals surface area contributed by atoms with Crippen LogP contribution in [0, 0.1) is 18.6 Å². The summed E-state index contributed by atoms with van der Waals surface area (Å²) in [7, 11) is 0. The largest absolute Gasteiger partial charge is 0.340 e. The zero-order chi connectivity index (χ0) is 17.1. The monoisotopic (exact) mass is 390 g/mol. The molecule has 3 aromatic rings. The molecule has 0 bridgehead atoms. The summed E-state index contributed by atoms with van der Waals surface area (Å²) in [5, 5.41) is 5.88. The van der Waals surface area contributed by atoms with Crippen LogP contribution in [0.1, 0.15) is 5.56 Å². The predicted octanol–water partition coefficient (Wildman–Crippen LogP) is 5.31. The Hall–Kier alpha value is -2.54. The lowest BCUT2D eigenvalue weighted by Crippen LogP contribution is -2.02. The number of hydrogen-bond acceptors (Lipinski definition) is 4. The first-order valence-electron chi connectivity index (χ1n) is 7.09. The minimum Gasteiger partial charge on any atom is -0.340 e. The van der Waals surface area contributed by atoms with Gasteiger partial charge in [0.1, 0.15) is 17.5 Å². The Morgan fingerprint density at radius 2 is 1.83 bits per heavy atom. The van der Waals surface area contributed by atoms with Gasteiger partial charge in [-0.3, -0.25) is 0 Å². The number of anilines is 4. The highest BCUT2D eigenvalue weighted by atomic mass is 79.9. The quantitative estimate of drug-likeness (QED) is 0.633. The Morgan fingerprint density at radius 3 is 2.58 bits per heavy atom. The molecule has 2 N–H and O–H groups in total. The second-order valence-corrected chi connectivity index (χ2v) is 5.96. The highest BCUT2D eigenvalue weighted by molar-refractivity contribution is 9.10. The van der Waals surface area contributed by atoms with Gasteiger partial charge in [-0.15, -0.1) is 0 Å². The van der Waals surface area contributed by atoms with E-state index >= 15 is 0 Å². The number of hydrogen-bond donors (Lipinski definition) is 2. The number of aromatic nitrogens is 2. The summed E-state index contributed by atoms with van der Waals surface area (Å²) in [6.07, 6.45) is 1.54. The maximum atomic E-state index is 13.7. The van der Waals surface area contributed by atoms with Gasteiger partial charge in [-0.25, -0.2) is 13.8 Å². The van der Waals surface area contributed by atoms with Crippen molar-refractivity contribution >= 4 is 39.1 Å². The number of aryl methyl sites for hydroxylation is 1. The SMILES string of the molecule is Cc1ccc(Nc2ccnc(Nc3ccc(F)cc3F)n2)cc1Br. The molecule has 122 valence electrons. The topological polar surface area (TPSA) is 49.8 Å². The van der Waals surface area contributed by atoms with Crippen LogP contribution in [0.15, 0.2) is 53.1 Å². The molecular formula is C17H13BrF2N4. The Morgan fingerprint density at radius 1 is 1.00 bits per heavy atom. The van der Waals surface area contributed by atoms with Gasteiger partial charge in [0, 0.05) is 22.4 Å². The number of benzene rings is 2. The zero-order valence-corrected chi connectivity index (χ0v) is 14.2. The van der Waals surface area contributed by atoms with Gasteiger partial charge in [-0.2, -0.15) is 4.98 Å². The van der Waals surface area contributed by atoms with Crippen molar-refractivity contribution in [2.45, 2.75) is 6.92 Å². The summed E-state index contributed by atoms with van der Waals surface area (Å²) >= 11 is 3.47. The Bertz CT molecular complexity index is 886. The standard InChI is InChI=1S/C17H13BrF2N4/c1-10-2-4-12(9-13(10)18)22-16-6-7-21-17(24-16)23-15-5-3-11(19)8-14(15)20/h2-9H,1H3,(H2,21,22,23,24). The Balaban J connectivity index is 1.79. The highest BCUT2D eigenvalue weighted by Crippen LogP contribution is 2.24. The van der Waals surface area contributed by atoms with E-state index in [4.69, 9.17) is 0 Å². The lowest BCUT2D eigenvalue weighted by Gasteiger charge is -2.10. The van der Waals surface area contributed by atoms with Crippen molar-refractivity contribution in [2.24, 2.45) is 0 Å². The van der Waals surface area contributed by atoms with Crippen LogP contribution in [-0.4, -0.2) is 9.97 Å². The molecule has 0 unspecified atom stereocenters. The Labute approximate surface area is 146 Å². The summed E-state index contributed by atoms with van der Waals surface area (Å²) in [6.45, 7) is 2.00. The molecule has 1 heterocycles.